The lowest BCUT2D eigenvalue weighted by Crippen LogP contribution is -2.17. The number of benzene rings is 3. The number of ether oxygens (including phenoxy) is 1. The van der Waals surface area contributed by atoms with Gasteiger partial charge in [0.05, 0.1) is 5.56 Å². The lowest BCUT2D eigenvalue weighted by molar-refractivity contribution is 0.214. The Labute approximate surface area is 155 Å². The Morgan fingerprint density at radius 1 is 0.923 bits per heavy atom. The van der Waals surface area contributed by atoms with Crippen molar-refractivity contribution in [1.82, 2.24) is 4.98 Å². The number of hydrogen-bond donors (Lipinski definition) is 2. The molecule has 0 bridgehead atoms. The maximum absolute atomic E-state index is 12.4. The minimum atomic E-state index is -0.587. The van der Waals surface area contributed by atoms with Crippen LogP contribution < -0.4 is 10.1 Å². The molecule has 0 saturated heterocycles. The fourth-order valence-electron chi connectivity index (χ4n) is 2.89. The molecule has 1 aromatic heterocycles. The monoisotopic (exact) mass is 362 g/mol. The first kappa shape index (κ1) is 16.2. The number of anilines is 1. The fourth-order valence-corrected chi connectivity index (χ4v) is 3.08. The predicted octanol–water partition coefficient (Wildman–Crippen LogP) is 6.10. The van der Waals surface area contributed by atoms with Crippen molar-refractivity contribution in [1.29, 1.82) is 0 Å². The van der Waals surface area contributed by atoms with E-state index in [1.54, 1.807) is 24.3 Å². The van der Waals surface area contributed by atoms with Crippen molar-refractivity contribution in [2.75, 3.05) is 5.32 Å². The van der Waals surface area contributed by atoms with Crippen LogP contribution in [0, 0.1) is 0 Å². The van der Waals surface area contributed by atoms with Gasteiger partial charge < -0.3 is 9.72 Å². The van der Waals surface area contributed by atoms with E-state index in [1.165, 1.54) is 0 Å². The summed E-state index contributed by atoms with van der Waals surface area (Å²) in [5.41, 5.74) is 3.29. The number of carbonyl (C=O) groups is 1. The molecule has 0 spiro atoms. The molecule has 26 heavy (non-hydrogen) atoms. The van der Waals surface area contributed by atoms with Gasteiger partial charge in [0.1, 0.15) is 0 Å². The molecule has 1 amide bonds. The normalized spacial score (nSPS) is 10.7. The van der Waals surface area contributed by atoms with Gasteiger partial charge in [-0.3, -0.25) is 5.32 Å². The van der Waals surface area contributed by atoms with E-state index in [2.05, 4.69) is 10.3 Å². The molecule has 0 atom stereocenters. The largest absolute Gasteiger partial charge is 0.418 e. The second-order valence-electron chi connectivity index (χ2n) is 5.77. The lowest BCUT2D eigenvalue weighted by Gasteiger charge is -2.08. The average Bonchev–Trinajstić information content (AvgIpc) is 3.00. The van der Waals surface area contributed by atoms with E-state index in [0.717, 1.165) is 22.0 Å². The first-order valence-corrected chi connectivity index (χ1v) is 8.49. The quantitative estimate of drug-likeness (QED) is 0.462. The molecule has 4 rings (SSSR count). The number of nitrogens with one attached hydrogen (secondary N) is 2. The van der Waals surface area contributed by atoms with Gasteiger partial charge in [0.2, 0.25) is 5.88 Å². The second-order valence-corrected chi connectivity index (χ2v) is 6.20. The molecule has 0 radical (unpaired) electrons. The maximum Gasteiger partial charge on any atom is 0.418 e. The second kappa shape index (κ2) is 6.94. The van der Waals surface area contributed by atoms with Crippen molar-refractivity contribution in [2.45, 2.75) is 0 Å². The molecule has 4 nitrogen and oxygen atoms in total. The van der Waals surface area contributed by atoms with Crippen molar-refractivity contribution in [3.05, 3.63) is 83.9 Å². The summed E-state index contributed by atoms with van der Waals surface area (Å²) in [5.74, 6) is 0.400. The van der Waals surface area contributed by atoms with Gasteiger partial charge in [0, 0.05) is 21.6 Å². The average molecular weight is 363 g/mol. The highest BCUT2D eigenvalue weighted by atomic mass is 35.5. The first-order chi connectivity index (χ1) is 12.7. The van der Waals surface area contributed by atoms with Crippen molar-refractivity contribution in [3.63, 3.8) is 0 Å². The topological polar surface area (TPSA) is 54.1 Å². The number of fused-ring (bicyclic) bond motifs is 1. The minimum Gasteiger partial charge on any atom is -0.392 e. The molecule has 2 N–H and O–H groups in total. The summed E-state index contributed by atoms with van der Waals surface area (Å²) in [6, 6.07) is 24.6. The zero-order valence-electron chi connectivity index (χ0n) is 13.7. The Morgan fingerprint density at radius 2 is 1.69 bits per heavy atom. The third kappa shape index (κ3) is 3.27. The lowest BCUT2D eigenvalue weighted by atomic mass is 10.0. The summed E-state index contributed by atoms with van der Waals surface area (Å²) in [6.07, 6.45) is -0.587. The summed E-state index contributed by atoms with van der Waals surface area (Å²) >= 11 is 5.95. The Balaban J connectivity index is 1.69. The van der Waals surface area contributed by atoms with Crippen LogP contribution in [0.3, 0.4) is 0 Å². The number of aromatic nitrogens is 1. The molecule has 0 aliphatic heterocycles. The highest BCUT2D eigenvalue weighted by molar-refractivity contribution is 6.30. The molecule has 0 aliphatic rings. The van der Waals surface area contributed by atoms with Crippen LogP contribution in [0.25, 0.3) is 22.0 Å². The molecular formula is C21H15ClN2O2. The summed E-state index contributed by atoms with van der Waals surface area (Å²) in [5, 5.41) is 4.22. The van der Waals surface area contributed by atoms with Crippen molar-refractivity contribution in [3.8, 4) is 17.0 Å². The summed E-state index contributed by atoms with van der Waals surface area (Å²) < 4.78 is 5.58. The van der Waals surface area contributed by atoms with Crippen LogP contribution in [0.15, 0.2) is 78.9 Å². The Bertz CT molecular complexity index is 1070. The van der Waals surface area contributed by atoms with Gasteiger partial charge in [0.15, 0.2) is 0 Å². The summed E-state index contributed by atoms with van der Waals surface area (Å²) in [6.45, 7) is 0. The Kier molecular flexibility index (Phi) is 4.33. The minimum absolute atomic E-state index is 0.400. The van der Waals surface area contributed by atoms with Crippen LogP contribution >= 0.6 is 11.6 Å². The van der Waals surface area contributed by atoms with Crippen LogP contribution in [-0.2, 0) is 0 Å². The molecule has 0 saturated carbocycles. The van der Waals surface area contributed by atoms with Crippen LogP contribution in [0.1, 0.15) is 0 Å². The third-order valence-electron chi connectivity index (χ3n) is 4.00. The zero-order chi connectivity index (χ0) is 17.9. The standard InChI is InChI=1S/C21H15ClN2O2/c22-15-9-6-10-16(13-15)23-21(25)26-20-19(14-7-2-1-3-8-14)17-11-4-5-12-18(17)24-20/h1-13,24H,(H,23,25). The van der Waals surface area contributed by atoms with Gasteiger partial charge in [-0.05, 0) is 29.8 Å². The van der Waals surface area contributed by atoms with E-state index in [1.807, 2.05) is 54.6 Å². The Hall–Kier alpha value is -3.24. The Morgan fingerprint density at radius 3 is 2.50 bits per heavy atom. The highest BCUT2D eigenvalue weighted by Gasteiger charge is 2.17. The molecule has 0 fully saturated rings. The fraction of sp³-hybridized carbons (Fsp3) is 0. The molecule has 0 aliphatic carbocycles. The number of halogens is 1. The molecular weight excluding hydrogens is 348 g/mol. The van der Waals surface area contributed by atoms with Crippen LogP contribution in [0.5, 0.6) is 5.88 Å². The molecule has 4 aromatic rings. The van der Waals surface area contributed by atoms with E-state index >= 15 is 0 Å². The van der Waals surface area contributed by atoms with Gasteiger partial charge in [-0.1, -0.05) is 66.2 Å². The summed E-state index contributed by atoms with van der Waals surface area (Å²) in [4.78, 5) is 15.5. The van der Waals surface area contributed by atoms with Crippen molar-refractivity contribution >= 4 is 34.3 Å². The van der Waals surface area contributed by atoms with Crippen LogP contribution in [0.4, 0.5) is 10.5 Å². The summed E-state index contributed by atoms with van der Waals surface area (Å²) in [7, 11) is 0. The van der Waals surface area contributed by atoms with Gasteiger partial charge in [-0.2, -0.15) is 0 Å². The number of para-hydroxylation sites is 1. The van der Waals surface area contributed by atoms with Gasteiger partial charge in [-0.15, -0.1) is 0 Å². The third-order valence-corrected chi connectivity index (χ3v) is 4.24. The highest BCUT2D eigenvalue weighted by Crippen LogP contribution is 2.37. The molecule has 0 unspecified atom stereocenters. The smallest absolute Gasteiger partial charge is 0.392 e. The zero-order valence-corrected chi connectivity index (χ0v) is 14.5. The van der Waals surface area contributed by atoms with E-state index in [9.17, 15) is 4.79 Å². The van der Waals surface area contributed by atoms with Crippen LogP contribution in [-0.4, -0.2) is 11.1 Å². The molecule has 3 aromatic carbocycles. The van der Waals surface area contributed by atoms with Crippen molar-refractivity contribution in [2.24, 2.45) is 0 Å². The van der Waals surface area contributed by atoms with Crippen molar-refractivity contribution < 1.29 is 9.53 Å². The number of amides is 1. The maximum atomic E-state index is 12.4. The van der Waals surface area contributed by atoms with E-state index < -0.39 is 6.09 Å². The molecule has 1 heterocycles. The van der Waals surface area contributed by atoms with E-state index in [-0.39, 0.29) is 0 Å². The van der Waals surface area contributed by atoms with E-state index in [0.29, 0.717) is 16.6 Å². The number of aromatic amines is 1. The molecule has 5 heteroatoms. The predicted molar refractivity (Wildman–Crippen MR) is 105 cm³/mol. The van der Waals surface area contributed by atoms with Gasteiger partial charge in [0.25, 0.3) is 0 Å². The number of carbonyl (C=O) groups excluding carboxylic acids is 1. The molecule has 128 valence electrons. The van der Waals surface area contributed by atoms with Gasteiger partial charge in [-0.25, -0.2) is 4.79 Å². The number of rotatable bonds is 3. The number of H-pyrrole nitrogens is 1. The van der Waals surface area contributed by atoms with Crippen LogP contribution in [0.2, 0.25) is 5.02 Å². The number of hydrogen-bond acceptors (Lipinski definition) is 2. The SMILES string of the molecule is O=C(Nc1cccc(Cl)c1)Oc1[nH]c2ccccc2c1-c1ccccc1. The van der Waals surface area contributed by atoms with E-state index in [4.69, 9.17) is 16.3 Å². The van der Waals surface area contributed by atoms with Gasteiger partial charge >= 0.3 is 6.09 Å². The first-order valence-electron chi connectivity index (χ1n) is 8.11.